The largest absolute Gasteiger partial charge is 0.393 e. The van der Waals surface area contributed by atoms with E-state index in [2.05, 4.69) is 24.5 Å². The molecule has 0 spiro atoms. The van der Waals surface area contributed by atoms with Gasteiger partial charge < -0.3 is 5.11 Å². The molecule has 0 aromatic carbocycles. The number of fused-ring (bicyclic) bond motifs is 5. The molecule has 4 saturated carbocycles. The van der Waals surface area contributed by atoms with Crippen molar-refractivity contribution in [3.8, 4) is 0 Å². The first-order valence-corrected chi connectivity index (χ1v) is 9.81. The Labute approximate surface area is 140 Å². The van der Waals surface area contributed by atoms with Crippen molar-refractivity contribution in [2.75, 3.05) is 0 Å². The molecule has 4 nitrogen and oxygen atoms in total. The molecule has 0 aromatic heterocycles. The molecule has 4 fully saturated rings. The summed E-state index contributed by atoms with van der Waals surface area (Å²) in [6.45, 7) is 4.93. The van der Waals surface area contributed by atoms with Crippen LogP contribution in [-0.2, 0) is 0 Å². The topological polar surface area (TPSA) is 68.5 Å². The second-order valence-corrected chi connectivity index (χ2v) is 9.52. The molecule has 0 amide bonds. The molecule has 0 aromatic rings. The third-order valence-corrected chi connectivity index (χ3v) is 8.88. The van der Waals surface area contributed by atoms with Crippen molar-refractivity contribution >= 4 is 0 Å². The minimum atomic E-state index is -0.0606. The Hall–Kier alpha value is -0.640. The van der Waals surface area contributed by atoms with Crippen LogP contribution in [0.5, 0.6) is 0 Å². The molecule has 0 unspecified atom stereocenters. The first-order valence-electron chi connectivity index (χ1n) is 9.81. The summed E-state index contributed by atoms with van der Waals surface area (Å²) in [6, 6.07) is 0.414. The van der Waals surface area contributed by atoms with Crippen LogP contribution in [0.3, 0.4) is 0 Å². The van der Waals surface area contributed by atoms with Crippen LogP contribution in [0.2, 0.25) is 0 Å². The van der Waals surface area contributed by atoms with Gasteiger partial charge in [0.15, 0.2) is 0 Å². The van der Waals surface area contributed by atoms with E-state index in [9.17, 15) is 5.11 Å². The molecule has 0 aliphatic heterocycles. The van der Waals surface area contributed by atoms with E-state index >= 15 is 0 Å². The Morgan fingerprint density at radius 3 is 2.48 bits per heavy atom. The highest BCUT2D eigenvalue weighted by atomic mass is 16.3. The van der Waals surface area contributed by atoms with Gasteiger partial charge in [-0.1, -0.05) is 13.8 Å². The quantitative estimate of drug-likeness (QED) is 0.540. The van der Waals surface area contributed by atoms with Crippen LogP contribution in [0.15, 0.2) is 0 Å². The number of hydrogen-bond acceptors (Lipinski definition) is 1. The van der Waals surface area contributed by atoms with Gasteiger partial charge in [0.1, 0.15) is 0 Å². The zero-order valence-electron chi connectivity index (χ0n) is 14.7. The lowest BCUT2D eigenvalue weighted by molar-refractivity contribution is -0.557. The average Bonchev–Trinajstić information content (AvgIpc) is 2.84. The van der Waals surface area contributed by atoms with Crippen molar-refractivity contribution in [1.29, 1.82) is 0 Å². The van der Waals surface area contributed by atoms with E-state index in [1.807, 2.05) is 0 Å². The Morgan fingerprint density at radius 1 is 0.957 bits per heavy atom. The Balaban J connectivity index is 1.56. The van der Waals surface area contributed by atoms with Crippen LogP contribution < -0.4 is 10.6 Å². The van der Waals surface area contributed by atoms with Gasteiger partial charge in [-0.05, 0) is 92.3 Å². The maximum Gasteiger partial charge on any atom is 0.0596 e. The highest BCUT2D eigenvalue weighted by Crippen LogP contribution is 2.66. The Bertz CT molecular complexity index is 483. The zero-order valence-corrected chi connectivity index (χ0v) is 14.7. The summed E-state index contributed by atoms with van der Waals surface area (Å²) >= 11 is 0. The molecule has 4 rings (SSSR count). The minimum absolute atomic E-state index is 0.0606. The second kappa shape index (κ2) is 5.44. The number of rotatable bonds is 2. The molecule has 23 heavy (non-hydrogen) atoms. The van der Waals surface area contributed by atoms with Gasteiger partial charge in [-0.25, -0.2) is 0 Å². The molecule has 3 N–H and O–H groups in total. The van der Waals surface area contributed by atoms with Crippen LogP contribution in [0, 0.1) is 34.5 Å². The Morgan fingerprint density at radius 2 is 1.70 bits per heavy atom. The summed E-state index contributed by atoms with van der Waals surface area (Å²) in [5, 5.41) is 12.7. The number of nitrogens with one attached hydrogen (secondary N) is 2. The predicted molar refractivity (Wildman–Crippen MR) is 89.0 cm³/mol. The number of hydrazine groups is 1. The molecular weight excluding hydrogens is 286 g/mol. The number of aliphatic hydroxyl groups excluding tert-OH is 1. The standard InChI is InChI=1S/C19H33N3O/c1-18-9-7-13(21-22-20)11-12(18)3-4-14-15-5-6-17(23)19(15,2)10-8-16(14)18/h12-17,22-23H,3-11H2,1-2H3,(H-,20,21)/t12-,13+,14+,15+,16-,17+,18-,19-/m0/s1. The van der Waals surface area contributed by atoms with Crippen LogP contribution in [-0.4, -0.2) is 17.3 Å². The SMILES string of the molecule is C[C@]12CC[C@@H](N[NH+]=[N-])C[C@@H]1CC[C@@H]1[C@H]3CC[C@@H](O)[C@@]3(C)CC[C@@H]12. The fourth-order valence-electron chi connectivity index (χ4n) is 7.45. The molecule has 0 heterocycles. The van der Waals surface area contributed by atoms with Gasteiger partial charge in [-0.15, -0.1) is 0 Å². The molecule has 130 valence electrons. The van der Waals surface area contributed by atoms with E-state index < -0.39 is 0 Å². The number of hydrogen-bond donors (Lipinski definition) is 3. The van der Waals surface area contributed by atoms with Crippen molar-refractivity contribution in [3.63, 3.8) is 0 Å². The Kier molecular flexibility index (Phi) is 3.75. The van der Waals surface area contributed by atoms with E-state index in [0.29, 0.717) is 11.5 Å². The summed E-state index contributed by atoms with van der Waals surface area (Å²) in [5.74, 6) is 3.24. The predicted octanol–water partition coefficient (Wildman–Crippen LogP) is 2.37. The molecule has 4 aliphatic rings. The van der Waals surface area contributed by atoms with Crippen molar-refractivity contribution in [3.05, 3.63) is 5.53 Å². The summed E-state index contributed by atoms with van der Waals surface area (Å²) in [6.07, 6.45) is 11.1. The number of nitrogens with zero attached hydrogens (tertiary/aromatic N) is 1. The lowest BCUT2D eigenvalue weighted by Gasteiger charge is -2.61. The van der Waals surface area contributed by atoms with Gasteiger partial charge in [0.25, 0.3) is 0 Å². The lowest BCUT2D eigenvalue weighted by atomic mass is 9.45. The van der Waals surface area contributed by atoms with Gasteiger partial charge >= 0.3 is 0 Å². The maximum absolute atomic E-state index is 10.5. The fourth-order valence-corrected chi connectivity index (χ4v) is 7.45. The van der Waals surface area contributed by atoms with Crippen LogP contribution in [0.1, 0.15) is 71.6 Å². The smallest absolute Gasteiger partial charge is 0.0596 e. The summed E-state index contributed by atoms with van der Waals surface area (Å²) < 4.78 is 0. The second-order valence-electron chi connectivity index (χ2n) is 9.52. The highest BCUT2D eigenvalue weighted by molar-refractivity contribution is 5.09. The summed E-state index contributed by atoms with van der Waals surface area (Å²) in [7, 11) is 0. The van der Waals surface area contributed by atoms with Crippen LogP contribution >= 0.6 is 0 Å². The van der Waals surface area contributed by atoms with Crippen molar-refractivity contribution in [2.45, 2.75) is 83.8 Å². The van der Waals surface area contributed by atoms with E-state index in [1.54, 1.807) is 0 Å². The van der Waals surface area contributed by atoms with Crippen molar-refractivity contribution < 1.29 is 10.3 Å². The molecule has 0 bridgehead atoms. The summed E-state index contributed by atoms with van der Waals surface area (Å²) in [5.41, 5.74) is 12.6. The number of aliphatic hydroxyl groups is 1. The van der Waals surface area contributed by atoms with E-state index in [-0.39, 0.29) is 11.5 Å². The van der Waals surface area contributed by atoms with Gasteiger partial charge in [0.05, 0.1) is 6.10 Å². The van der Waals surface area contributed by atoms with Gasteiger partial charge in [0, 0.05) is 6.04 Å². The third-order valence-electron chi connectivity index (χ3n) is 8.88. The van der Waals surface area contributed by atoms with E-state index in [0.717, 1.165) is 36.5 Å². The molecule has 4 aliphatic carbocycles. The fraction of sp³-hybridized carbons (Fsp3) is 1.00. The first-order chi connectivity index (χ1) is 11.0. The van der Waals surface area contributed by atoms with Crippen LogP contribution in [0.4, 0.5) is 0 Å². The van der Waals surface area contributed by atoms with Crippen molar-refractivity contribution in [2.24, 2.45) is 34.5 Å². The molecule has 4 heteroatoms. The zero-order chi connectivity index (χ0) is 16.2. The molecule has 0 radical (unpaired) electrons. The van der Waals surface area contributed by atoms with Crippen LogP contribution in [0.25, 0.3) is 5.53 Å². The summed E-state index contributed by atoms with van der Waals surface area (Å²) in [4.78, 5) is 0. The molecule has 0 saturated heterocycles. The monoisotopic (exact) mass is 319 g/mol. The minimum Gasteiger partial charge on any atom is -0.393 e. The highest BCUT2D eigenvalue weighted by Gasteiger charge is 2.59. The average molecular weight is 319 g/mol. The lowest BCUT2D eigenvalue weighted by Crippen LogP contribution is -2.78. The molecule has 8 atom stereocenters. The normalized spacial score (nSPS) is 55.4. The van der Waals surface area contributed by atoms with Gasteiger partial charge in [-0.3, -0.25) is 5.43 Å². The first kappa shape index (κ1) is 15.9. The van der Waals surface area contributed by atoms with Gasteiger partial charge in [-0.2, -0.15) is 10.8 Å². The third kappa shape index (κ3) is 2.20. The van der Waals surface area contributed by atoms with Gasteiger partial charge in [0.2, 0.25) is 0 Å². The van der Waals surface area contributed by atoms with E-state index in [4.69, 9.17) is 5.53 Å². The molecular formula is C19H33N3O. The maximum atomic E-state index is 10.5. The van der Waals surface area contributed by atoms with E-state index in [1.165, 1.54) is 44.9 Å². The van der Waals surface area contributed by atoms with Crippen molar-refractivity contribution in [1.82, 2.24) is 5.43 Å².